The van der Waals surface area contributed by atoms with Crippen molar-refractivity contribution in [1.82, 2.24) is 0 Å². The molecule has 0 aliphatic rings. The van der Waals surface area contributed by atoms with E-state index >= 15 is 0 Å². The maximum atomic E-state index is 10.1. The third-order valence-electron chi connectivity index (χ3n) is 1.61. The summed E-state index contributed by atoms with van der Waals surface area (Å²) in [5, 5.41) is 0. The van der Waals surface area contributed by atoms with Gasteiger partial charge in [0, 0.05) is 16.6 Å². The SMILES string of the molecule is Nc1cc(CCC=O)ccc1Br. The number of anilines is 1. The van der Waals surface area contributed by atoms with E-state index in [2.05, 4.69) is 15.9 Å². The molecule has 1 aromatic rings. The predicted molar refractivity (Wildman–Crippen MR) is 52.9 cm³/mol. The van der Waals surface area contributed by atoms with Crippen LogP contribution in [-0.2, 0) is 11.2 Å². The molecule has 1 aromatic carbocycles. The zero-order valence-corrected chi connectivity index (χ0v) is 8.17. The number of carbonyl (C=O) groups excluding carboxylic acids is 1. The molecular formula is C9H10BrNO. The van der Waals surface area contributed by atoms with Crippen LogP contribution in [0.1, 0.15) is 12.0 Å². The van der Waals surface area contributed by atoms with Crippen LogP contribution in [0.3, 0.4) is 0 Å². The number of benzene rings is 1. The third kappa shape index (κ3) is 2.34. The highest BCUT2D eigenvalue weighted by Crippen LogP contribution is 2.20. The minimum atomic E-state index is 0.557. The summed E-state index contributed by atoms with van der Waals surface area (Å²) in [4.78, 5) is 10.1. The standard InChI is InChI=1S/C9H10BrNO/c10-8-4-3-7(2-1-5-12)6-9(8)11/h3-6H,1-2,11H2. The van der Waals surface area contributed by atoms with Gasteiger partial charge in [0.05, 0.1) is 0 Å². The first kappa shape index (κ1) is 9.26. The number of halogens is 1. The van der Waals surface area contributed by atoms with Gasteiger partial charge in [-0.1, -0.05) is 6.07 Å². The smallest absolute Gasteiger partial charge is 0.120 e. The molecule has 0 saturated carbocycles. The highest BCUT2D eigenvalue weighted by Gasteiger charge is 1.96. The number of nitrogens with two attached hydrogens (primary N) is 1. The van der Waals surface area contributed by atoms with Crippen LogP contribution in [0.4, 0.5) is 5.69 Å². The van der Waals surface area contributed by atoms with Crippen LogP contribution < -0.4 is 5.73 Å². The van der Waals surface area contributed by atoms with Crippen LogP contribution in [0.25, 0.3) is 0 Å². The molecule has 0 aliphatic carbocycles. The van der Waals surface area contributed by atoms with Gasteiger partial charge in [-0.15, -0.1) is 0 Å². The van der Waals surface area contributed by atoms with E-state index in [1.165, 1.54) is 0 Å². The lowest BCUT2D eigenvalue weighted by molar-refractivity contribution is -0.107. The third-order valence-corrected chi connectivity index (χ3v) is 2.33. The van der Waals surface area contributed by atoms with Gasteiger partial charge in [0.2, 0.25) is 0 Å². The Labute approximate surface area is 79.9 Å². The predicted octanol–water partition coefficient (Wildman–Crippen LogP) is 2.16. The van der Waals surface area contributed by atoms with Crippen molar-refractivity contribution >= 4 is 27.9 Å². The lowest BCUT2D eigenvalue weighted by Crippen LogP contribution is -1.91. The number of hydrogen-bond donors (Lipinski definition) is 1. The first-order valence-corrected chi connectivity index (χ1v) is 4.51. The number of aldehydes is 1. The molecule has 0 aliphatic heterocycles. The number of aryl methyl sites for hydroxylation is 1. The fourth-order valence-corrected chi connectivity index (χ4v) is 1.22. The maximum Gasteiger partial charge on any atom is 0.120 e. The topological polar surface area (TPSA) is 43.1 Å². The summed E-state index contributed by atoms with van der Waals surface area (Å²) >= 11 is 3.30. The van der Waals surface area contributed by atoms with Crippen LogP contribution in [0, 0.1) is 0 Å². The number of rotatable bonds is 3. The van der Waals surface area contributed by atoms with Gasteiger partial charge in [-0.3, -0.25) is 0 Å². The van der Waals surface area contributed by atoms with Crippen LogP contribution in [0.2, 0.25) is 0 Å². The van der Waals surface area contributed by atoms with E-state index in [9.17, 15) is 4.79 Å². The van der Waals surface area contributed by atoms with E-state index in [1.807, 2.05) is 18.2 Å². The summed E-state index contributed by atoms with van der Waals surface area (Å²) in [5.74, 6) is 0. The van der Waals surface area contributed by atoms with Crippen molar-refractivity contribution in [3.8, 4) is 0 Å². The quantitative estimate of drug-likeness (QED) is 0.636. The summed E-state index contributed by atoms with van der Waals surface area (Å²) in [5.41, 5.74) is 7.48. The fourth-order valence-electron chi connectivity index (χ4n) is 0.974. The maximum absolute atomic E-state index is 10.1. The Kier molecular flexibility index (Phi) is 3.29. The van der Waals surface area contributed by atoms with Gasteiger partial charge < -0.3 is 10.5 Å². The molecule has 0 heterocycles. The van der Waals surface area contributed by atoms with Crippen molar-refractivity contribution in [2.75, 3.05) is 5.73 Å². The molecule has 64 valence electrons. The molecule has 12 heavy (non-hydrogen) atoms. The van der Waals surface area contributed by atoms with E-state index in [-0.39, 0.29) is 0 Å². The monoisotopic (exact) mass is 227 g/mol. The Morgan fingerprint density at radius 1 is 1.50 bits per heavy atom. The molecule has 0 amide bonds. The number of carbonyl (C=O) groups is 1. The van der Waals surface area contributed by atoms with Crippen LogP contribution in [-0.4, -0.2) is 6.29 Å². The van der Waals surface area contributed by atoms with E-state index in [0.717, 1.165) is 28.4 Å². The number of hydrogen-bond acceptors (Lipinski definition) is 2. The zero-order chi connectivity index (χ0) is 8.97. The van der Waals surface area contributed by atoms with Gasteiger partial charge in [0.15, 0.2) is 0 Å². The molecule has 0 aromatic heterocycles. The van der Waals surface area contributed by atoms with Gasteiger partial charge in [0.1, 0.15) is 6.29 Å². The highest BCUT2D eigenvalue weighted by atomic mass is 79.9. The largest absolute Gasteiger partial charge is 0.398 e. The van der Waals surface area contributed by atoms with E-state index in [4.69, 9.17) is 5.73 Å². The molecule has 2 N–H and O–H groups in total. The summed E-state index contributed by atoms with van der Waals surface area (Å²) in [6.45, 7) is 0. The van der Waals surface area contributed by atoms with E-state index in [0.29, 0.717) is 6.42 Å². The second kappa shape index (κ2) is 4.26. The van der Waals surface area contributed by atoms with Crippen LogP contribution >= 0.6 is 15.9 Å². The van der Waals surface area contributed by atoms with Crippen molar-refractivity contribution in [3.63, 3.8) is 0 Å². The molecule has 0 atom stereocenters. The van der Waals surface area contributed by atoms with E-state index < -0.39 is 0 Å². The van der Waals surface area contributed by atoms with Crippen LogP contribution in [0.5, 0.6) is 0 Å². The Morgan fingerprint density at radius 3 is 2.83 bits per heavy atom. The average molecular weight is 228 g/mol. The summed E-state index contributed by atoms with van der Waals surface area (Å²) in [6.07, 6.45) is 2.24. The second-order valence-corrected chi connectivity index (χ2v) is 3.42. The lowest BCUT2D eigenvalue weighted by atomic mass is 10.1. The zero-order valence-electron chi connectivity index (χ0n) is 6.59. The minimum Gasteiger partial charge on any atom is -0.398 e. The molecule has 3 heteroatoms. The molecule has 0 bridgehead atoms. The van der Waals surface area contributed by atoms with E-state index in [1.54, 1.807) is 0 Å². The lowest BCUT2D eigenvalue weighted by Gasteiger charge is -2.01. The van der Waals surface area contributed by atoms with Crippen molar-refractivity contribution in [2.45, 2.75) is 12.8 Å². The normalized spacial score (nSPS) is 9.75. The summed E-state index contributed by atoms with van der Waals surface area (Å²) < 4.78 is 0.900. The highest BCUT2D eigenvalue weighted by molar-refractivity contribution is 9.10. The van der Waals surface area contributed by atoms with Crippen molar-refractivity contribution in [3.05, 3.63) is 28.2 Å². The Balaban J connectivity index is 2.75. The van der Waals surface area contributed by atoms with Gasteiger partial charge in [-0.2, -0.15) is 0 Å². The van der Waals surface area contributed by atoms with Gasteiger partial charge in [-0.05, 0) is 40.0 Å². The van der Waals surface area contributed by atoms with Crippen molar-refractivity contribution in [1.29, 1.82) is 0 Å². The molecular weight excluding hydrogens is 218 g/mol. The summed E-state index contributed by atoms with van der Waals surface area (Å²) in [6, 6.07) is 5.74. The Hall–Kier alpha value is -0.830. The molecule has 1 rings (SSSR count). The van der Waals surface area contributed by atoms with Gasteiger partial charge >= 0.3 is 0 Å². The second-order valence-electron chi connectivity index (χ2n) is 2.56. The van der Waals surface area contributed by atoms with Gasteiger partial charge in [-0.25, -0.2) is 0 Å². The Morgan fingerprint density at radius 2 is 2.25 bits per heavy atom. The molecule has 2 nitrogen and oxygen atoms in total. The molecule has 0 saturated heterocycles. The first-order valence-electron chi connectivity index (χ1n) is 3.71. The average Bonchev–Trinajstić information content (AvgIpc) is 2.07. The van der Waals surface area contributed by atoms with Crippen molar-refractivity contribution < 1.29 is 4.79 Å². The molecule has 0 unspecified atom stereocenters. The van der Waals surface area contributed by atoms with Gasteiger partial charge in [0.25, 0.3) is 0 Å². The molecule has 0 radical (unpaired) electrons. The number of nitrogen functional groups attached to an aromatic ring is 1. The fraction of sp³-hybridized carbons (Fsp3) is 0.222. The molecule has 0 fully saturated rings. The summed E-state index contributed by atoms with van der Waals surface area (Å²) in [7, 11) is 0. The molecule has 0 spiro atoms. The Bertz CT molecular complexity index is 286. The van der Waals surface area contributed by atoms with Crippen LogP contribution in [0.15, 0.2) is 22.7 Å². The van der Waals surface area contributed by atoms with Crippen molar-refractivity contribution in [2.24, 2.45) is 0 Å². The first-order chi connectivity index (χ1) is 5.74. The minimum absolute atomic E-state index is 0.557.